The molecular weight excluding hydrogens is 338 g/mol. The van der Waals surface area contributed by atoms with Crippen LogP contribution < -0.4 is 5.32 Å². The first-order chi connectivity index (χ1) is 13.0. The zero-order valence-electron chi connectivity index (χ0n) is 16.1. The molecule has 0 heterocycles. The number of rotatable bonds is 7. The number of hydrogen-bond donors (Lipinski definition) is 1. The Kier molecular flexibility index (Phi) is 5.94. The van der Waals surface area contributed by atoms with Crippen LogP contribution in [0.5, 0.6) is 0 Å². The summed E-state index contributed by atoms with van der Waals surface area (Å²) in [6.07, 6.45) is 0. The first-order valence-corrected chi connectivity index (χ1v) is 9.61. The minimum Gasteiger partial charge on any atom is -0.464 e. The number of nitrogens with one attached hydrogen (secondary N) is 1. The molecule has 4 heteroatoms. The standard InChI is InChI=1S/C23H27NO3/c1-4-27-23(26)21(15(2)3)24-22(25)20-18(16-11-7-5-8-12-16)19(20)17-13-9-6-10-14-17/h5-15,18-21H,4H2,1-3H3,(H,24,25)/t18-,19-,21-/m0/s1. The molecule has 0 aromatic heterocycles. The molecule has 27 heavy (non-hydrogen) atoms. The highest BCUT2D eigenvalue weighted by Gasteiger charge is 2.56. The van der Waals surface area contributed by atoms with Gasteiger partial charge in [0.15, 0.2) is 0 Å². The average molecular weight is 365 g/mol. The molecule has 0 spiro atoms. The summed E-state index contributed by atoms with van der Waals surface area (Å²) in [4.78, 5) is 25.3. The van der Waals surface area contributed by atoms with Crippen molar-refractivity contribution in [3.8, 4) is 0 Å². The molecule has 1 N–H and O–H groups in total. The zero-order valence-corrected chi connectivity index (χ0v) is 16.1. The molecular formula is C23H27NO3. The maximum Gasteiger partial charge on any atom is 0.328 e. The monoisotopic (exact) mass is 365 g/mol. The van der Waals surface area contributed by atoms with Crippen molar-refractivity contribution >= 4 is 11.9 Å². The van der Waals surface area contributed by atoms with Gasteiger partial charge in [0.25, 0.3) is 0 Å². The molecule has 1 amide bonds. The Hall–Kier alpha value is -2.62. The van der Waals surface area contributed by atoms with Crippen molar-refractivity contribution in [1.29, 1.82) is 0 Å². The van der Waals surface area contributed by atoms with Gasteiger partial charge in [-0.1, -0.05) is 74.5 Å². The van der Waals surface area contributed by atoms with E-state index in [0.717, 1.165) is 11.1 Å². The van der Waals surface area contributed by atoms with Crippen LogP contribution in [0, 0.1) is 11.8 Å². The molecule has 1 saturated carbocycles. The molecule has 2 aromatic rings. The lowest BCUT2D eigenvalue weighted by Crippen LogP contribution is -2.46. The molecule has 1 fully saturated rings. The van der Waals surface area contributed by atoms with Crippen molar-refractivity contribution in [1.82, 2.24) is 5.32 Å². The predicted octanol–water partition coefficient (Wildman–Crippen LogP) is 3.89. The third kappa shape index (κ3) is 4.21. The van der Waals surface area contributed by atoms with Crippen molar-refractivity contribution in [3.05, 3.63) is 71.8 Å². The second-order valence-corrected chi connectivity index (χ2v) is 7.38. The normalized spacial score (nSPS) is 22.1. The van der Waals surface area contributed by atoms with Crippen molar-refractivity contribution < 1.29 is 14.3 Å². The van der Waals surface area contributed by atoms with Gasteiger partial charge in [0.2, 0.25) is 5.91 Å². The second kappa shape index (κ2) is 8.38. The molecule has 3 rings (SSSR count). The number of amides is 1. The van der Waals surface area contributed by atoms with E-state index in [2.05, 4.69) is 29.6 Å². The maximum absolute atomic E-state index is 13.1. The van der Waals surface area contributed by atoms with Gasteiger partial charge in [-0.25, -0.2) is 4.79 Å². The molecule has 1 aliphatic rings. The van der Waals surface area contributed by atoms with Crippen LogP contribution in [0.2, 0.25) is 0 Å². The van der Waals surface area contributed by atoms with E-state index in [1.54, 1.807) is 6.92 Å². The van der Waals surface area contributed by atoms with Crippen molar-refractivity contribution in [3.63, 3.8) is 0 Å². The van der Waals surface area contributed by atoms with Crippen molar-refractivity contribution in [2.45, 2.75) is 38.6 Å². The highest BCUT2D eigenvalue weighted by Crippen LogP contribution is 2.60. The quantitative estimate of drug-likeness (QED) is 0.758. The molecule has 4 nitrogen and oxygen atoms in total. The molecule has 0 aliphatic heterocycles. The van der Waals surface area contributed by atoms with Crippen LogP contribution >= 0.6 is 0 Å². The van der Waals surface area contributed by atoms with Gasteiger partial charge in [0, 0.05) is 11.8 Å². The minimum atomic E-state index is -0.620. The fraction of sp³-hybridized carbons (Fsp3) is 0.391. The Morgan fingerprint density at radius 3 is 1.81 bits per heavy atom. The summed E-state index contributed by atoms with van der Waals surface area (Å²) in [5.41, 5.74) is 2.31. The lowest BCUT2D eigenvalue weighted by atomic mass is 10.0. The van der Waals surface area contributed by atoms with Gasteiger partial charge in [-0.3, -0.25) is 4.79 Å². The lowest BCUT2D eigenvalue weighted by molar-refractivity contribution is -0.148. The summed E-state index contributed by atoms with van der Waals surface area (Å²) in [7, 11) is 0. The Bertz CT molecular complexity index is 727. The van der Waals surface area contributed by atoms with E-state index in [9.17, 15) is 9.59 Å². The third-order valence-corrected chi connectivity index (χ3v) is 5.20. The first kappa shape index (κ1) is 19.2. The smallest absolute Gasteiger partial charge is 0.328 e. The van der Waals surface area contributed by atoms with Gasteiger partial charge in [0.1, 0.15) is 6.04 Å². The van der Waals surface area contributed by atoms with Crippen molar-refractivity contribution in [2.24, 2.45) is 11.8 Å². The fourth-order valence-electron chi connectivity index (χ4n) is 3.80. The van der Waals surface area contributed by atoms with Crippen LogP contribution in [0.1, 0.15) is 43.7 Å². The van der Waals surface area contributed by atoms with E-state index in [1.165, 1.54) is 0 Å². The van der Waals surface area contributed by atoms with Gasteiger partial charge < -0.3 is 10.1 Å². The Morgan fingerprint density at radius 2 is 1.41 bits per heavy atom. The van der Waals surface area contributed by atoms with E-state index >= 15 is 0 Å². The van der Waals surface area contributed by atoms with Crippen molar-refractivity contribution in [2.75, 3.05) is 6.61 Å². The Balaban J connectivity index is 1.82. The second-order valence-electron chi connectivity index (χ2n) is 7.38. The summed E-state index contributed by atoms with van der Waals surface area (Å²) >= 11 is 0. The third-order valence-electron chi connectivity index (χ3n) is 5.20. The van der Waals surface area contributed by atoms with Crippen LogP contribution in [0.3, 0.4) is 0 Å². The van der Waals surface area contributed by atoms with Gasteiger partial charge in [-0.05, 0) is 24.0 Å². The number of ether oxygens (including phenoxy) is 1. The summed E-state index contributed by atoms with van der Waals surface area (Å²) in [5.74, 6) is -0.395. The lowest BCUT2D eigenvalue weighted by Gasteiger charge is -2.20. The van der Waals surface area contributed by atoms with E-state index in [1.807, 2.05) is 50.2 Å². The van der Waals surface area contributed by atoms with E-state index < -0.39 is 6.04 Å². The van der Waals surface area contributed by atoms with E-state index in [4.69, 9.17) is 4.74 Å². The van der Waals surface area contributed by atoms with Crippen LogP contribution in [-0.4, -0.2) is 24.5 Å². The molecule has 0 saturated heterocycles. The molecule has 142 valence electrons. The fourth-order valence-corrected chi connectivity index (χ4v) is 3.80. The Labute approximate surface area is 160 Å². The minimum absolute atomic E-state index is 0.0305. The van der Waals surface area contributed by atoms with Crippen LogP contribution in [0.15, 0.2) is 60.7 Å². The average Bonchev–Trinajstić information content (AvgIpc) is 3.43. The van der Waals surface area contributed by atoms with Gasteiger partial charge in [0.05, 0.1) is 12.5 Å². The van der Waals surface area contributed by atoms with Gasteiger partial charge in [-0.15, -0.1) is 0 Å². The predicted molar refractivity (Wildman–Crippen MR) is 105 cm³/mol. The van der Waals surface area contributed by atoms with Crippen LogP contribution in [0.4, 0.5) is 0 Å². The highest BCUT2D eigenvalue weighted by molar-refractivity contribution is 5.89. The molecule has 0 bridgehead atoms. The first-order valence-electron chi connectivity index (χ1n) is 9.61. The number of esters is 1. The zero-order chi connectivity index (χ0) is 19.4. The number of carbonyl (C=O) groups excluding carboxylic acids is 2. The van der Waals surface area contributed by atoms with E-state index in [0.29, 0.717) is 6.61 Å². The molecule has 3 atom stereocenters. The SMILES string of the molecule is CCOC(=O)[C@@H](NC(=O)C1[C@@H](c2ccccc2)[C@@H]1c1ccccc1)C(C)C. The topological polar surface area (TPSA) is 55.4 Å². The largest absolute Gasteiger partial charge is 0.464 e. The summed E-state index contributed by atoms with van der Waals surface area (Å²) < 4.78 is 5.14. The summed E-state index contributed by atoms with van der Waals surface area (Å²) in [6.45, 7) is 5.91. The summed E-state index contributed by atoms with van der Waals surface area (Å²) in [5, 5.41) is 2.95. The Morgan fingerprint density at radius 1 is 0.926 bits per heavy atom. The number of carbonyl (C=O) groups is 2. The number of benzene rings is 2. The van der Waals surface area contributed by atoms with Crippen LogP contribution in [0.25, 0.3) is 0 Å². The highest BCUT2D eigenvalue weighted by atomic mass is 16.5. The van der Waals surface area contributed by atoms with Gasteiger partial charge >= 0.3 is 5.97 Å². The molecule has 1 aliphatic carbocycles. The van der Waals surface area contributed by atoms with E-state index in [-0.39, 0.29) is 35.5 Å². The van der Waals surface area contributed by atoms with Gasteiger partial charge in [-0.2, -0.15) is 0 Å². The molecule has 2 aromatic carbocycles. The number of hydrogen-bond acceptors (Lipinski definition) is 3. The molecule has 0 radical (unpaired) electrons. The van der Waals surface area contributed by atoms with Crippen LogP contribution in [-0.2, 0) is 14.3 Å². The summed E-state index contributed by atoms with van der Waals surface area (Å²) in [6, 6.07) is 19.6. The molecule has 0 unspecified atom stereocenters. The maximum atomic E-state index is 13.1.